The van der Waals surface area contributed by atoms with E-state index in [1.165, 1.54) is 17.5 Å². The molecule has 2 N–H and O–H groups in total. The third-order valence-corrected chi connectivity index (χ3v) is 3.21. The minimum Gasteiger partial charge on any atom is -0.383 e. The zero-order valence-electron chi connectivity index (χ0n) is 12.3. The van der Waals surface area contributed by atoms with Gasteiger partial charge >= 0.3 is 0 Å². The summed E-state index contributed by atoms with van der Waals surface area (Å²) >= 11 is 0. The highest BCUT2D eigenvalue weighted by Gasteiger charge is 2.03. The summed E-state index contributed by atoms with van der Waals surface area (Å²) < 4.78 is 4.99. The maximum absolute atomic E-state index is 4.99. The van der Waals surface area contributed by atoms with Crippen LogP contribution in [-0.2, 0) is 17.7 Å². The van der Waals surface area contributed by atoms with Gasteiger partial charge in [0.15, 0.2) is 0 Å². The van der Waals surface area contributed by atoms with E-state index in [-0.39, 0.29) is 0 Å². The lowest BCUT2D eigenvalue weighted by atomic mass is 10.1. The molecular weight excluding hydrogens is 250 g/mol. The normalized spacial score (nSPS) is 10.9. The van der Waals surface area contributed by atoms with Crippen molar-refractivity contribution in [3.05, 3.63) is 41.9 Å². The van der Waals surface area contributed by atoms with Gasteiger partial charge in [-0.3, -0.25) is 0 Å². The van der Waals surface area contributed by atoms with Crippen LogP contribution in [0.2, 0.25) is 0 Å². The number of nitrogens with one attached hydrogen (secondary N) is 2. The molecule has 4 heteroatoms. The summed E-state index contributed by atoms with van der Waals surface area (Å²) in [6, 6.07) is 8.69. The van der Waals surface area contributed by atoms with E-state index in [1.54, 1.807) is 7.11 Å². The first-order valence-electron chi connectivity index (χ1n) is 7.16. The second-order valence-corrected chi connectivity index (χ2v) is 4.86. The number of hydrogen-bond donors (Lipinski definition) is 2. The monoisotopic (exact) mass is 273 g/mol. The van der Waals surface area contributed by atoms with Crippen LogP contribution in [-0.4, -0.2) is 30.2 Å². The van der Waals surface area contributed by atoms with Crippen molar-refractivity contribution in [3.63, 3.8) is 0 Å². The van der Waals surface area contributed by atoms with Crippen LogP contribution in [0.3, 0.4) is 0 Å². The number of benzene rings is 1. The smallest absolute Gasteiger partial charge is 0.120 e. The highest BCUT2D eigenvalue weighted by molar-refractivity contribution is 5.58. The summed E-state index contributed by atoms with van der Waals surface area (Å²) in [5.41, 5.74) is 3.63. The van der Waals surface area contributed by atoms with Gasteiger partial charge in [-0.1, -0.05) is 37.6 Å². The van der Waals surface area contributed by atoms with Gasteiger partial charge in [0, 0.05) is 13.7 Å². The van der Waals surface area contributed by atoms with Crippen LogP contribution in [0.1, 0.15) is 24.7 Å². The van der Waals surface area contributed by atoms with Crippen LogP contribution in [0.25, 0.3) is 11.3 Å². The molecule has 0 saturated carbocycles. The van der Waals surface area contributed by atoms with E-state index in [9.17, 15) is 0 Å². The number of aromatic amines is 1. The average Bonchev–Trinajstić information content (AvgIpc) is 2.94. The van der Waals surface area contributed by atoms with Crippen molar-refractivity contribution >= 4 is 0 Å². The molecule has 0 spiro atoms. The second kappa shape index (κ2) is 7.82. The summed E-state index contributed by atoms with van der Waals surface area (Å²) in [4.78, 5) is 7.73. The van der Waals surface area contributed by atoms with E-state index in [0.29, 0.717) is 6.61 Å². The fourth-order valence-corrected chi connectivity index (χ4v) is 2.12. The van der Waals surface area contributed by atoms with E-state index in [4.69, 9.17) is 4.74 Å². The average molecular weight is 273 g/mol. The minimum atomic E-state index is 0.715. The van der Waals surface area contributed by atoms with Crippen LogP contribution in [0, 0.1) is 0 Å². The number of ether oxygens (including phenoxy) is 1. The van der Waals surface area contributed by atoms with Crippen molar-refractivity contribution in [1.82, 2.24) is 15.3 Å². The Morgan fingerprint density at radius 2 is 2.05 bits per heavy atom. The number of hydrogen-bond acceptors (Lipinski definition) is 3. The number of nitrogens with zero attached hydrogens (tertiary/aromatic N) is 1. The van der Waals surface area contributed by atoms with Gasteiger partial charge in [-0.2, -0.15) is 0 Å². The summed E-state index contributed by atoms with van der Waals surface area (Å²) in [5.74, 6) is 0.953. The van der Waals surface area contributed by atoms with Gasteiger partial charge in [0.05, 0.1) is 25.0 Å². The van der Waals surface area contributed by atoms with E-state index in [2.05, 4.69) is 46.5 Å². The Labute approximate surface area is 120 Å². The standard InChI is InChI=1S/C16H23N3O/c1-3-4-13-5-7-14(8-6-13)15-11-18-16(19-15)12-17-9-10-20-2/h5-8,11,17H,3-4,9-10,12H2,1-2H3,(H,18,19). The predicted octanol–water partition coefficient (Wildman–Crippen LogP) is 2.77. The molecule has 1 aromatic carbocycles. The van der Waals surface area contributed by atoms with Crippen molar-refractivity contribution < 1.29 is 4.74 Å². The molecule has 20 heavy (non-hydrogen) atoms. The Hall–Kier alpha value is -1.65. The second-order valence-electron chi connectivity index (χ2n) is 4.86. The molecule has 0 radical (unpaired) electrons. The highest BCUT2D eigenvalue weighted by Crippen LogP contribution is 2.18. The number of rotatable bonds is 8. The van der Waals surface area contributed by atoms with Crippen molar-refractivity contribution in [2.24, 2.45) is 0 Å². The Morgan fingerprint density at radius 3 is 2.75 bits per heavy atom. The lowest BCUT2D eigenvalue weighted by Gasteiger charge is -2.02. The molecule has 0 aliphatic rings. The third kappa shape index (κ3) is 4.18. The fourth-order valence-electron chi connectivity index (χ4n) is 2.12. The molecule has 2 aromatic rings. The molecule has 2 rings (SSSR count). The van der Waals surface area contributed by atoms with Gasteiger partial charge in [0.2, 0.25) is 0 Å². The molecule has 1 aromatic heterocycles. The van der Waals surface area contributed by atoms with Crippen molar-refractivity contribution in [1.29, 1.82) is 0 Å². The molecule has 0 aliphatic carbocycles. The predicted molar refractivity (Wildman–Crippen MR) is 81.6 cm³/mol. The Kier molecular flexibility index (Phi) is 5.77. The Balaban J connectivity index is 1.93. The first-order valence-corrected chi connectivity index (χ1v) is 7.16. The van der Waals surface area contributed by atoms with E-state index < -0.39 is 0 Å². The lowest BCUT2D eigenvalue weighted by Crippen LogP contribution is -2.19. The number of methoxy groups -OCH3 is 1. The maximum atomic E-state index is 4.99. The zero-order chi connectivity index (χ0) is 14.2. The molecule has 108 valence electrons. The van der Waals surface area contributed by atoms with Crippen molar-refractivity contribution in [3.8, 4) is 11.3 Å². The van der Waals surface area contributed by atoms with Crippen LogP contribution < -0.4 is 5.32 Å². The topological polar surface area (TPSA) is 49.9 Å². The summed E-state index contributed by atoms with van der Waals surface area (Å²) in [5, 5.41) is 3.27. The van der Waals surface area contributed by atoms with Crippen LogP contribution in [0.15, 0.2) is 30.5 Å². The molecule has 0 amide bonds. The summed E-state index contributed by atoms with van der Waals surface area (Å²) in [6.45, 7) is 4.48. The Bertz CT molecular complexity index is 505. The number of aromatic nitrogens is 2. The molecule has 1 heterocycles. The first-order chi connectivity index (χ1) is 9.83. The maximum Gasteiger partial charge on any atom is 0.120 e. The lowest BCUT2D eigenvalue weighted by molar-refractivity contribution is 0.199. The number of aryl methyl sites for hydroxylation is 1. The van der Waals surface area contributed by atoms with Crippen LogP contribution in [0.4, 0.5) is 0 Å². The van der Waals surface area contributed by atoms with Crippen molar-refractivity contribution in [2.75, 3.05) is 20.3 Å². The molecule has 0 aliphatic heterocycles. The van der Waals surface area contributed by atoms with Crippen LogP contribution in [0.5, 0.6) is 0 Å². The van der Waals surface area contributed by atoms with E-state index in [1.807, 2.05) is 6.20 Å². The third-order valence-electron chi connectivity index (χ3n) is 3.21. The number of H-pyrrole nitrogens is 1. The molecule has 4 nitrogen and oxygen atoms in total. The van der Waals surface area contributed by atoms with E-state index in [0.717, 1.165) is 31.0 Å². The molecular formula is C16H23N3O. The summed E-state index contributed by atoms with van der Waals surface area (Å²) in [7, 11) is 1.70. The first kappa shape index (κ1) is 14.8. The number of imidazole rings is 1. The fraction of sp³-hybridized carbons (Fsp3) is 0.438. The van der Waals surface area contributed by atoms with Gasteiger partial charge in [-0.25, -0.2) is 4.98 Å². The Morgan fingerprint density at radius 1 is 1.25 bits per heavy atom. The van der Waals surface area contributed by atoms with Crippen LogP contribution >= 0.6 is 0 Å². The molecule has 0 saturated heterocycles. The molecule has 0 fully saturated rings. The van der Waals surface area contributed by atoms with Gasteiger partial charge in [-0.05, 0) is 17.5 Å². The SMILES string of the molecule is CCCc1ccc(-c2cnc(CNCCOC)[nH]2)cc1. The largest absolute Gasteiger partial charge is 0.383 e. The van der Waals surface area contributed by atoms with Gasteiger partial charge in [-0.15, -0.1) is 0 Å². The van der Waals surface area contributed by atoms with Gasteiger partial charge in [0.25, 0.3) is 0 Å². The van der Waals surface area contributed by atoms with E-state index >= 15 is 0 Å². The molecule has 0 unspecified atom stereocenters. The minimum absolute atomic E-state index is 0.715. The molecule has 0 bridgehead atoms. The van der Waals surface area contributed by atoms with Crippen molar-refractivity contribution in [2.45, 2.75) is 26.3 Å². The molecule has 0 atom stereocenters. The van der Waals surface area contributed by atoms with Gasteiger partial charge in [0.1, 0.15) is 5.82 Å². The quantitative estimate of drug-likeness (QED) is 0.727. The highest BCUT2D eigenvalue weighted by atomic mass is 16.5. The zero-order valence-corrected chi connectivity index (χ0v) is 12.3. The van der Waals surface area contributed by atoms with Gasteiger partial charge < -0.3 is 15.0 Å². The summed E-state index contributed by atoms with van der Waals surface area (Å²) in [6.07, 6.45) is 4.21.